The van der Waals surface area contributed by atoms with E-state index in [2.05, 4.69) is 22.2 Å². The Bertz CT molecular complexity index is 1650. The summed E-state index contributed by atoms with van der Waals surface area (Å²) in [5.41, 5.74) is 2.65. The summed E-state index contributed by atoms with van der Waals surface area (Å²) in [4.78, 5) is 47.8. The SMILES string of the molecule is C=CC(=O)N1CCCC(NC(=O)c2sc3nccc4c3c2NC(=O)N4c2ccc(Oc3ccccc3)cc2C)C1. The molecule has 6 rings (SSSR count). The van der Waals surface area contributed by atoms with Crippen molar-refractivity contribution in [2.24, 2.45) is 0 Å². The number of para-hydroxylation sites is 1. The van der Waals surface area contributed by atoms with Crippen molar-refractivity contribution < 1.29 is 19.1 Å². The molecule has 10 heteroatoms. The smallest absolute Gasteiger partial charge is 0.331 e. The van der Waals surface area contributed by atoms with Gasteiger partial charge in [-0.2, -0.15) is 0 Å². The van der Waals surface area contributed by atoms with Crippen LogP contribution in [0.5, 0.6) is 11.5 Å². The van der Waals surface area contributed by atoms with Gasteiger partial charge in [-0.05, 0) is 67.8 Å². The van der Waals surface area contributed by atoms with Crippen molar-refractivity contribution in [3.8, 4) is 11.5 Å². The van der Waals surface area contributed by atoms with Crippen LogP contribution in [0.2, 0.25) is 0 Å². The topological polar surface area (TPSA) is 104 Å². The largest absolute Gasteiger partial charge is 0.457 e. The molecule has 2 N–H and O–H groups in total. The second-order valence-corrected chi connectivity index (χ2v) is 10.7. The molecule has 2 aliphatic heterocycles. The van der Waals surface area contributed by atoms with Crippen LogP contribution in [0.1, 0.15) is 28.1 Å². The van der Waals surface area contributed by atoms with E-state index in [1.165, 1.54) is 17.4 Å². The number of urea groups is 1. The maximum atomic E-state index is 13.5. The van der Waals surface area contributed by atoms with E-state index >= 15 is 0 Å². The van der Waals surface area contributed by atoms with Gasteiger partial charge in [0.25, 0.3) is 5.91 Å². The minimum absolute atomic E-state index is 0.146. The Balaban J connectivity index is 1.29. The predicted molar refractivity (Wildman–Crippen MR) is 156 cm³/mol. The molecule has 1 atom stereocenters. The van der Waals surface area contributed by atoms with Crippen molar-refractivity contribution in [2.75, 3.05) is 23.3 Å². The molecule has 202 valence electrons. The molecule has 4 aromatic rings. The van der Waals surface area contributed by atoms with E-state index in [0.29, 0.717) is 51.0 Å². The number of anilines is 3. The number of hydrogen-bond acceptors (Lipinski definition) is 6. The maximum Gasteiger partial charge on any atom is 0.331 e. The monoisotopic (exact) mass is 553 g/mol. The molecule has 2 aliphatic rings. The molecule has 0 aliphatic carbocycles. The van der Waals surface area contributed by atoms with Crippen LogP contribution < -0.4 is 20.3 Å². The predicted octanol–water partition coefficient (Wildman–Crippen LogP) is 5.99. The van der Waals surface area contributed by atoms with Crippen LogP contribution in [0, 0.1) is 6.92 Å². The van der Waals surface area contributed by atoms with Crippen LogP contribution in [0.15, 0.2) is 73.4 Å². The highest BCUT2D eigenvalue weighted by Crippen LogP contribution is 2.46. The summed E-state index contributed by atoms with van der Waals surface area (Å²) < 4.78 is 5.96. The molecule has 0 bridgehead atoms. The van der Waals surface area contributed by atoms with Crippen molar-refractivity contribution in [2.45, 2.75) is 25.8 Å². The number of likely N-dealkylation sites (tertiary alicyclic amines) is 1. The summed E-state index contributed by atoms with van der Waals surface area (Å²) in [5.74, 6) is 0.945. The van der Waals surface area contributed by atoms with Gasteiger partial charge < -0.3 is 20.3 Å². The van der Waals surface area contributed by atoms with Crippen LogP contribution in [0.3, 0.4) is 0 Å². The number of thiophene rings is 1. The molecule has 4 heterocycles. The second kappa shape index (κ2) is 10.5. The minimum atomic E-state index is -0.368. The van der Waals surface area contributed by atoms with Crippen LogP contribution in [0.25, 0.3) is 10.2 Å². The summed E-state index contributed by atoms with van der Waals surface area (Å²) in [5, 5.41) is 6.71. The zero-order valence-corrected chi connectivity index (χ0v) is 22.7. The number of carbonyl (C=O) groups is 3. The minimum Gasteiger partial charge on any atom is -0.457 e. The number of aryl methyl sites for hydroxylation is 1. The summed E-state index contributed by atoms with van der Waals surface area (Å²) in [6.07, 6.45) is 4.49. The van der Waals surface area contributed by atoms with E-state index in [-0.39, 0.29) is 23.9 Å². The second-order valence-electron chi connectivity index (χ2n) is 9.75. The lowest BCUT2D eigenvalue weighted by molar-refractivity contribution is -0.127. The van der Waals surface area contributed by atoms with Crippen molar-refractivity contribution in [3.63, 3.8) is 0 Å². The van der Waals surface area contributed by atoms with E-state index in [1.54, 1.807) is 22.1 Å². The first-order valence-electron chi connectivity index (χ1n) is 13.0. The van der Waals surface area contributed by atoms with Crippen molar-refractivity contribution >= 4 is 56.5 Å². The van der Waals surface area contributed by atoms with Gasteiger partial charge in [-0.1, -0.05) is 24.8 Å². The van der Waals surface area contributed by atoms with Crippen molar-refractivity contribution in [1.29, 1.82) is 0 Å². The number of piperidine rings is 1. The van der Waals surface area contributed by atoms with Crippen LogP contribution >= 0.6 is 11.3 Å². The molecular formula is C30H27N5O4S. The van der Waals surface area contributed by atoms with Crippen LogP contribution in [0.4, 0.5) is 21.9 Å². The lowest BCUT2D eigenvalue weighted by atomic mass is 10.1. The number of carbonyl (C=O) groups excluding carboxylic acids is 3. The van der Waals surface area contributed by atoms with Crippen LogP contribution in [-0.4, -0.2) is 46.9 Å². The normalized spacial score (nSPS) is 16.4. The molecule has 40 heavy (non-hydrogen) atoms. The number of ether oxygens (including phenoxy) is 1. The standard InChI is InChI=1S/C30H27N5O4S/c1-3-24(36)34-15-7-8-19(17-34)32-28(37)27-26-25-23(13-14-31-29(25)40-27)35(30(38)33-26)22-12-11-21(16-18(22)2)39-20-9-5-4-6-10-20/h3-6,9-14,16,19H,1,7-8,15,17H2,2H3,(H,32,37)(H,33,38). The van der Waals surface area contributed by atoms with E-state index in [4.69, 9.17) is 4.74 Å². The lowest BCUT2D eigenvalue weighted by Crippen LogP contribution is -2.49. The number of benzene rings is 2. The summed E-state index contributed by atoms with van der Waals surface area (Å²) >= 11 is 1.24. The number of rotatable bonds is 6. The van der Waals surface area contributed by atoms with Gasteiger partial charge in [0.15, 0.2) is 0 Å². The van der Waals surface area contributed by atoms with Crippen molar-refractivity contribution in [3.05, 3.63) is 83.9 Å². The van der Waals surface area contributed by atoms with Crippen molar-refractivity contribution in [1.82, 2.24) is 15.2 Å². The van der Waals surface area contributed by atoms with Gasteiger partial charge in [-0.25, -0.2) is 9.78 Å². The maximum absolute atomic E-state index is 13.5. The molecule has 0 spiro atoms. The fraction of sp³-hybridized carbons (Fsp3) is 0.200. The van der Waals surface area contributed by atoms with E-state index in [0.717, 1.165) is 24.2 Å². The average molecular weight is 554 g/mol. The van der Waals surface area contributed by atoms with Gasteiger partial charge in [-0.3, -0.25) is 14.5 Å². The fourth-order valence-electron chi connectivity index (χ4n) is 5.23. The summed E-state index contributed by atoms with van der Waals surface area (Å²) in [6.45, 7) is 6.54. The summed E-state index contributed by atoms with van der Waals surface area (Å²) in [6, 6.07) is 16.3. The molecule has 1 saturated heterocycles. The average Bonchev–Trinajstić information content (AvgIpc) is 3.33. The number of aromatic nitrogens is 1. The summed E-state index contributed by atoms with van der Waals surface area (Å²) in [7, 11) is 0. The first kappa shape index (κ1) is 25.6. The number of amides is 4. The number of pyridine rings is 1. The van der Waals surface area contributed by atoms with E-state index in [1.807, 2.05) is 55.5 Å². The Kier molecular flexibility index (Phi) is 6.69. The Morgan fingerprint density at radius 3 is 2.75 bits per heavy atom. The van der Waals surface area contributed by atoms with Gasteiger partial charge in [0.2, 0.25) is 5.91 Å². The fourth-order valence-corrected chi connectivity index (χ4v) is 6.25. The third-order valence-corrected chi connectivity index (χ3v) is 8.18. The molecule has 1 fully saturated rings. The zero-order valence-electron chi connectivity index (χ0n) is 21.8. The Morgan fingerprint density at radius 2 is 1.98 bits per heavy atom. The molecule has 0 saturated carbocycles. The van der Waals surface area contributed by atoms with Crippen LogP contribution in [-0.2, 0) is 4.79 Å². The molecule has 4 amide bonds. The highest BCUT2D eigenvalue weighted by Gasteiger charge is 2.34. The highest BCUT2D eigenvalue weighted by molar-refractivity contribution is 7.21. The van der Waals surface area contributed by atoms with Gasteiger partial charge in [0, 0.05) is 25.3 Å². The zero-order chi connectivity index (χ0) is 27.8. The Hall–Kier alpha value is -4.70. The Labute approximate surface area is 235 Å². The third-order valence-electron chi connectivity index (χ3n) is 7.08. The first-order chi connectivity index (χ1) is 19.4. The molecule has 2 aromatic heterocycles. The van der Waals surface area contributed by atoms with Gasteiger partial charge >= 0.3 is 6.03 Å². The van der Waals surface area contributed by atoms with E-state index in [9.17, 15) is 14.4 Å². The lowest BCUT2D eigenvalue weighted by Gasteiger charge is -2.32. The van der Waals surface area contributed by atoms with E-state index < -0.39 is 0 Å². The van der Waals surface area contributed by atoms with Gasteiger partial charge in [0.1, 0.15) is 21.2 Å². The van der Waals surface area contributed by atoms with Gasteiger partial charge in [-0.15, -0.1) is 11.3 Å². The molecule has 1 unspecified atom stereocenters. The molecule has 2 aromatic carbocycles. The molecule has 0 radical (unpaired) electrons. The molecular weight excluding hydrogens is 526 g/mol. The number of nitrogens with one attached hydrogen (secondary N) is 2. The van der Waals surface area contributed by atoms with Gasteiger partial charge in [0.05, 0.1) is 22.4 Å². The molecule has 9 nitrogen and oxygen atoms in total. The first-order valence-corrected chi connectivity index (χ1v) is 13.8. The Morgan fingerprint density at radius 1 is 1.15 bits per heavy atom. The number of hydrogen-bond donors (Lipinski definition) is 2. The third kappa shape index (κ3) is 4.66. The highest BCUT2D eigenvalue weighted by atomic mass is 32.1. The quantitative estimate of drug-likeness (QED) is 0.286. The number of nitrogens with zero attached hydrogens (tertiary/aromatic N) is 3.